The highest BCUT2D eigenvalue weighted by atomic mass is 35.5. The van der Waals surface area contributed by atoms with Gasteiger partial charge in [0, 0.05) is 29.1 Å². The molecule has 0 aliphatic rings. The third-order valence-corrected chi connectivity index (χ3v) is 6.55. The maximum Gasteiger partial charge on any atom is 0.188 e. The molecule has 0 spiro atoms. The van der Waals surface area contributed by atoms with Crippen molar-refractivity contribution in [2.45, 2.75) is 18.9 Å². The number of methoxy groups -OCH3 is 1. The fraction of sp³-hybridized carbons (Fsp3) is 0.160. The minimum atomic E-state index is -3.30. The topological polar surface area (TPSA) is 85.5 Å². The molecule has 182 valence electrons. The van der Waals surface area contributed by atoms with Gasteiger partial charge < -0.3 is 10.1 Å². The predicted molar refractivity (Wildman–Crippen MR) is 144 cm³/mol. The molecule has 1 heterocycles. The molecule has 4 aromatic rings. The van der Waals surface area contributed by atoms with Gasteiger partial charge in [0.2, 0.25) is 0 Å². The zero-order chi connectivity index (χ0) is 23.6. The number of nitrogens with zero attached hydrogens (tertiary/aromatic N) is 3. The lowest BCUT2D eigenvalue weighted by Crippen LogP contribution is -2.04. The van der Waals surface area contributed by atoms with Gasteiger partial charge in [-0.05, 0) is 35.9 Å². The fourth-order valence-corrected chi connectivity index (χ4v) is 4.33. The van der Waals surface area contributed by atoms with E-state index in [2.05, 4.69) is 20.4 Å². The summed E-state index contributed by atoms with van der Waals surface area (Å²) in [7, 11) is -1.74. The SMILES string of the molecule is C.Cl.[C-]#[N+]c1ccc2c(-c3ccc(S(C)(=O)=O)cc3)nnc(NCc3ccc(OC)c(Cl)c3)c2c1. The number of aromatic nitrogens is 2. The molecular formula is C25H24Cl2N4O3S. The van der Waals surface area contributed by atoms with E-state index in [9.17, 15) is 8.42 Å². The van der Waals surface area contributed by atoms with Gasteiger partial charge in [-0.2, -0.15) is 0 Å². The summed E-state index contributed by atoms with van der Waals surface area (Å²) in [6.45, 7) is 7.82. The molecule has 0 radical (unpaired) electrons. The molecule has 0 saturated heterocycles. The third kappa shape index (κ3) is 6.01. The minimum Gasteiger partial charge on any atom is -0.495 e. The van der Waals surface area contributed by atoms with Crippen LogP contribution in [0, 0.1) is 6.57 Å². The Labute approximate surface area is 216 Å². The first-order valence-corrected chi connectivity index (χ1v) is 12.1. The second-order valence-corrected chi connectivity index (χ2v) is 9.78. The van der Waals surface area contributed by atoms with E-state index < -0.39 is 9.84 Å². The van der Waals surface area contributed by atoms with E-state index >= 15 is 0 Å². The molecule has 0 amide bonds. The smallest absolute Gasteiger partial charge is 0.188 e. The van der Waals surface area contributed by atoms with E-state index in [1.54, 1.807) is 49.6 Å². The minimum absolute atomic E-state index is 0. The zero-order valence-corrected chi connectivity index (χ0v) is 20.6. The van der Waals surface area contributed by atoms with Crippen LogP contribution >= 0.6 is 24.0 Å². The molecule has 3 aromatic carbocycles. The molecule has 0 aliphatic heterocycles. The van der Waals surface area contributed by atoms with Gasteiger partial charge in [-0.25, -0.2) is 13.3 Å². The van der Waals surface area contributed by atoms with Crippen LogP contribution in [-0.4, -0.2) is 32.0 Å². The van der Waals surface area contributed by atoms with E-state index in [4.69, 9.17) is 22.9 Å². The Morgan fingerprint density at radius 2 is 1.74 bits per heavy atom. The number of nitrogens with one attached hydrogen (secondary N) is 1. The number of rotatable bonds is 6. The Morgan fingerprint density at radius 1 is 1.03 bits per heavy atom. The van der Waals surface area contributed by atoms with E-state index in [-0.39, 0.29) is 24.7 Å². The molecular weight excluding hydrogens is 507 g/mol. The number of hydrogen-bond acceptors (Lipinski definition) is 6. The highest BCUT2D eigenvalue weighted by Crippen LogP contribution is 2.33. The van der Waals surface area contributed by atoms with Crippen LogP contribution in [0.2, 0.25) is 5.02 Å². The van der Waals surface area contributed by atoms with Crippen LogP contribution in [0.25, 0.3) is 26.9 Å². The maximum absolute atomic E-state index is 11.8. The van der Waals surface area contributed by atoms with Gasteiger partial charge in [0.05, 0.1) is 23.6 Å². The molecule has 0 unspecified atom stereocenters. The molecule has 35 heavy (non-hydrogen) atoms. The Morgan fingerprint density at radius 3 is 2.34 bits per heavy atom. The summed E-state index contributed by atoms with van der Waals surface area (Å²) in [4.78, 5) is 3.76. The molecule has 0 fully saturated rings. The van der Waals surface area contributed by atoms with Gasteiger partial charge >= 0.3 is 0 Å². The second kappa shape index (κ2) is 11.4. The summed E-state index contributed by atoms with van der Waals surface area (Å²) in [6.07, 6.45) is 1.17. The highest BCUT2D eigenvalue weighted by molar-refractivity contribution is 7.90. The lowest BCUT2D eigenvalue weighted by molar-refractivity contribution is 0.415. The van der Waals surface area contributed by atoms with Crippen molar-refractivity contribution in [2.75, 3.05) is 18.7 Å². The number of ether oxygens (including phenoxy) is 1. The molecule has 0 atom stereocenters. The van der Waals surface area contributed by atoms with Gasteiger partial charge in [0.1, 0.15) is 11.4 Å². The molecule has 1 N–H and O–H groups in total. The standard InChI is InChI=1S/C24H19ClN4O3S.CH4.ClH/c1-26-17-7-10-19-20(13-17)24(27-14-15-4-11-22(32-2)21(25)12-15)29-28-23(19)16-5-8-18(9-6-16)33(3,30)31;;/h4-13H,14H2,2-3H3,(H,27,29);1H4;1H. The van der Waals surface area contributed by atoms with E-state index in [0.29, 0.717) is 34.5 Å². The van der Waals surface area contributed by atoms with Gasteiger partial charge in [-0.1, -0.05) is 49.4 Å². The summed E-state index contributed by atoms with van der Waals surface area (Å²) < 4.78 is 28.7. The van der Waals surface area contributed by atoms with Crippen molar-refractivity contribution in [3.05, 3.63) is 82.7 Å². The summed E-state index contributed by atoms with van der Waals surface area (Å²) in [6, 6.07) is 17.3. The van der Waals surface area contributed by atoms with E-state index in [1.165, 1.54) is 6.26 Å². The molecule has 4 rings (SSSR count). The van der Waals surface area contributed by atoms with Crippen molar-refractivity contribution in [1.29, 1.82) is 0 Å². The Hall–Kier alpha value is -3.38. The predicted octanol–water partition coefficient (Wildman–Crippen LogP) is 6.58. The van der Waals surface area contributed by atoms with Gasteiger partial charge in [0.25, 0.3) is 0 Å². The van der Waals surface area contributed by atoms with Crippen LogP contribution in [0.15, 0.2) is 65.6 Å². The Bertz CT molecular complexity index is 1500. The van der Waals surface area contributed by atoms with Crippen LogP contribution in [0.4, 0.5) is 11.5 Å². The lowest BCUT2D eigenvalue weighted by atomic mass is 10.0. The monoisotopic (exact) mass is 530 g/mol. The number of hydrogen-bond donors (Lipinski definition) is 1. The van der Waals surface area contributed by atoms with Crippen molar-refractivity contribution in [3.63, 3.8) is 0 Å². The van der Waals surface area contributed by atoms with Crippen molar-refractivity contribution < 1.29 is 13.2 Å². The number of anilines is 1. The van der Waals surface area contributed by atoms with Crippen LogP contribution < -0.4 is 10.1 Å². The molecule has 10 heteroatoms. The van der Waals surface area contributed by atoms with E-state index in [0.717, 1.165) is 21.9 Å². The van der Waals surface area contributed by atoms with Crippen molar-refractivity contribution in [1.82, 2.24) is 10.2 Å². The van der Waals surface area contributed by atoms with Gasteiger partial charge in [-0.15, -0.1) is 22.6 Å². The fourth-order valence-electron chi connectivity index (χ4n) is 3.42. The Balaban J connectivity index is 0.00000216. The first-order chi connectivity index (χ1) is 15.8. The number of halogens is 2. The van der Waals surface area contributed by atoms with Crippen LogP contribution in [0.1, 0.15) is 13.0 Å². The van der Waals surface area contributed by atoms with Gasteiger partial charge in [-0.3, -0.25) is 0 Å². The maximum atomic E-state index is 11.8. The van der Waals surface area contributed by atoms with Gasteiger partial charge in [0.15, 0.2) is 21.3 Å². The summed E-state index contributed by atoms with van der Waals surface area (Å²) >= 11 is 6.22. The first-order valence-electron chi connectivity index (χ1n) is 9.85. The number of fused-ring (bicyclic) bond motifs is 1. The van der Waals surface area contributed by atoms with Crippen molar-refractivity contribution >= 4 is 56.1 Å². The Kier molecular flexibility index (Phi) is 9.05. The average Bonchev–Trinajstić information content (AvgIpc) is 2.81. The van der Waals surface area contributed by atoms with Crippen molar-refractivity contribution in [3.8, 4) is 17.0 Å². The molecule has 0 aliphatic carbocycles. The molecule has 0 saturated carbocycles. The second-order valence-electron chi connectivity index (χ2n) is 7.36. The average molecular weight is 531 g/mol. The molecule has 7 nitrogen and oxygen atoms in total. The normalized spacial score (nSPS) is 10.6. The highest BCUT2D eigenvalue weighted by Gasteiger charge is 2.14. The largest absolute Gasteiger partial charge is 0.495 e. The van der Waals surface area contributed by atoms with Crippen LogP contribution in [-0.2, 0) is 16.4 Å². The van der Waals surface area contributed by atoms with Crippen molar-refractivity contribution in [2.24, 2.45) is 0 Å². The summed E-state index contributed by atoms with van der Waals surface area (Å²) in [5, 5.41) is 14.1. The zero-order valence-electron chi connectivity index (χ0n) is 18.2. The third-order valence-electron chi connectivity index (χ3n) is 5.12. The number of sulfone groups is 1. The molecule has 0 bridgehead atoms. The van der Waals surface area contributed by atoms with Crippen LogP contribution in [0.5, 0.6) is 5.75 Å². The first kappa shape index (κ1) is 27.9. The van der Waals surface area contributed by atoms with E-state index in [1.807, 2.05) is 18.2 Å². The summed E-state index contributed by atoms with van der Waals surface area (Å²) in [5.74, 6) is 1.12. The van der Waals surface area contributed by atoms with Crippen LogP contribution in [0.3, 0.4) is 0 Å². The summed E-state index contributed by atoms with van der Waals surface area (Å²) in [5.41, 5.74) is 2.73. The molecule has 1 aromatic heterocycles. The lowest BCUT2D eigenvalue weighted by Gasteiger charge is -2.13. The quantitative estimate of drug-likeness (QED) is 0.283. The number of benzene rings is 3.